The molecule has 0 aliphatic carbocycles. The predicted octanol–water partition coefficient (Wildman–Crippen LogP) is 1.95. The molecule has 0 saturated carbocycles. The van der Waals surface area contributed by atoms with Crippen LogP contribution in [-0.4, -0.2) is 58.3 Å². The summed E-state index contributed by atoms with van der Waals surface area (Å²) >= 11 is 0. The first kappa shape index (κ1) is 20.7. The standard InChI is InChI=1S/C19H30N2O4S/c1-4-20-13-16-9-11-21(12-10-16)19(22)15(2)14-26(23,24)18-7-5-17(25-3)6-8-18/h5-8,15-16,20H,4,9-14H2,1-3H3. The maximum atomic E-state index is 12.7. The lowest BCUT2D eigenvalue weighted by molar-refractivity contribution is -0.135. The van der Waals surface area contributed by atoms with Crippen molar-refractivity contribution in [3.05, 3.63) is 24.3 Å². The normalized spacial score (nSPS) is 17.1. The number of rotatable bonds is 8. The molecular weight excluding hydrogens is 352 g/mol. The highest BCUT2D eigenvalue weighted by atomic mass is 32.2. The quantitative estimate of drug-likeness (QED) is 0.744. The lowest BCUT2D eigenvalue weighted by Crippen LogP contribution is -2.44. The number of nitrogens with one attached hydrogen (secondary N) is 1. The Morgan fingerprint density at radius 3 is 2.42 bits per heavy atom. The van der Waals surface area contributed by atoms with Crippen LogP contribution in [0.25, 0.3) is 0 Å². The van der Waals surface area contributed by atoms with Crippen molar-refractivity contribution in [2.24, 2.45) is 11.8 Å². The van der Waals surface area contributed by atoms with Crippen LogP contribution in [0, 0.1) is 11.8 Å². The average Bonchev–Trinajstić information content (AvgIpc) is 2.65. The van der Waals surface area contributed by atoms with Gasteiger partial charge in [-0.05, 0) is 56.1 Å². The van der Waals surface area contributed by atoms with Gasteiger partial charge in [0.2, 0.25) is 5.91 Å². The summed E-state index contributed by atoms with van der Waals surface area (Å²) < 4.78 is 30.2. The second kappa shape index (κ2) is 9.37. The number of hydrogen-bond acceptors (Lipinski definition) is 5. The Labute approximate surface area is 156 Å². The Morgan fingerprint density at radius 1 is 1.27 bits per heavy atom. The molecule has 2 rings (SSSR count). The molecule has 146 valence electrons. The molecule has 0 bridgehead atoms. The van der Waals surface area contributed by atoms with Gasteiger partial charge in [0.1, 0.15) is 5.75 Å². The van der Waals surface area contributed by atoms with Crippen molar-refractivity contribution in [3.63, 3.8) is 0 Å². The monoisotopic (exact) mass is 382 g/mol. The molecule has 1 heterocycles. The number of hydrogen-bond donors (Lipinski definition) is 1. The summed E-state index contributed by atoms with van der Waals surface area (Å²) in [6.07, 6.45) is 1.94. The lowest BCUT2D eigenvalue weighted by atomic mass is 9.96. The third-order valence-electron chi connectivity index (χ3n) is 4.92. The molecule has 1 N–H and O–H groups in total. The first-order valence-electron chi connectivity index (χ1n) is 9.23. The van der Waals surface area contributed by atoms with Crippen LogP contribution in [0.4, 0.5) is 0 Å². The van der Waals surface area contributed by atoms with E-state index < -0.39 is 15.8 Å². The predicted molar refractivity (Wildman–Crippen MR) is 102 cm³/mol. The van der Waals surface area contributed by atoms with Crippen molar-refractivity contribution in [1.29, 1.82) is 0 Å². The van der Waals surface area contributed by atoms with Gasteiger partial charge in [0.25, 0.3) is 0 Å². The molecule has 1 amide bonds. The minimum Gasteiger partial charge on any atom is -0.497 e. The van der Waals surface area contributed by atoms with Gasteiger partial charge in [0.15, 0.2) is 9.84 Å². The Morgan fingerprint density at radius 2 is 1.88 bits per heavy atom. The molecule has 7 heteroatoms. The number of carbonyl (C=O) groups excluding carboxylic acids is 1. The van der Waals surface area contributed by atoms with Crippen molar-refractivity contribution in [3.8, 4) is 5.75 Å². The zero-order valence-electron chi connectivity index (χ0n) is 15.9. The molecule has 6 nitrogen and oxygen atoms in total. The van der Waals surface area contributed by atoms with Crippen LogP contribution in [0.3, 0.4) is 0 Å². The summed E-state index contributed by atoms with van der Waals surface area (Å²) in [4.78, 5) is 14.7. The van der Waals surface area contributed by atoms with Crippen molar-refractivity contribution >= 4 is 15.7 Å². The van der Waals surface area contributed by atoms with Crippen LogP contribution in [0.2, 0.25) is 0 Å². The molecule has 1 fully saturated rings. The lowest BCUT2D eigenvalue weighted by Gasteiger charge is -2.33. The van der Waals surface area contributed by atoms with Gasteiger partial charge in [0, 0.05) is 19.0 Å². The SMILES string of the molecule is CCNCC1CCN(C(=O)C(C)CS(=O)(=O)c2ccc(OC)cc2)CC1. The van der Waals surface area contributed by atoms with Crippen LogP contribution in [0.15, 0.2) is 29.2 Å². The van der Waals surface area contributed by atoms with Gasteiger partial charge >= 0.3 is 0 Å². The number of ether oxygens (including phenoxy) is 1. The van der Waals surface area contributed by atoms with Crippen molar-refractivity contribution in [2.45, 2.75) is 31.6 Å². The molecule has 1 atom stereocenters. The summed E-state index contributed by atoms with van der Waals surface area (Å²) in [5, 5.41) is 3.35. The number of amides is 1. The summed E-state index contributed by atoms with van der Waals surface area (Å²) in [5.41, 5.74) is 0. The number of carbonyl (C=O) groups is 1. The van der Waals surface area contributed by atoms with Crippen LogP contribution >= 0.6 is 0 Å². The maximum Gasteiger partial charge on any atom is 0.226 e. The topological polar surface area (TPSA) is 75.7 Å². The fourth-order valence-electron chi connectivity index (χ4n) is 3.30. The maximum absolute atomic E-state index is 12.7. The molecule has 0 spiro atoms. The van der Waals surface area contributed by atoms with Crippen molar-refractivity contribution < 1.29 is 17.9 Å². The average molecular weight is 383 g/mol. The molecule has 1 aromatic carbocycles. The van der Waals surface area contributed by atoms with Crippen molar-refractivity contribution in [2.75, 3.05) is 39.0 Å². The van der Waals surface area contributed by atoms with E-state index in [4.69, 9.17) is 4.74 Å². The Kier molecular flexibility index (Phi) is 7.46. The minimum absolute atomic E-state index is 0.0658. The summed E-state index contributed by atoms with van der Waals surface area (Å²) in [6, 6.07) is 6.29. The van der Waals surface area contributed by atoms with Gasteiger partial charge in [-0.15, -0.1) is 0 Å². The van der Waals surface area contributed by atoms with E-state index in [-0.39, 0.29) is 16.6 Å². The Bertz CT molecular complexity index is 680. The zero-order valence-corrected chi connectivity index (χ0v) is 16.7. The molecule has 1 aliphatic rings. The van der Waals surface area contributed by atoms with Gasteiger partial charge in [-0.3, -0.25) is 4.79 Å². The smallest absolute Gasteiger partial charge is 0.226 e. The number of nitrogens with zero attached hydrogens (tertiary/aromatic N) is 1. The number of benzene rings is 1. The molecule has 1 saturated heterocycles. The van der Waals surface area contributed by atoms with Gasteiger partial charge < -0.3 is 15.0 Å². The molecule has 1 aliphatic heterocycles. The Balaban J connectivity index is 1.91. The van der Waals surface area contributed by atoms with E-state index in [0.29, 0.717) is 24.8 Å². The van der Waals surface area contributed by atoms with Crippen LogP contribution in [0.5, 0.6) is 5.75 Å². The fraction of sp³-hybridized carbons (Fsp3) is 0.632. The Hall–Kier alpha value is -1.60. The highest BCUT2D eigenvalue weighted by molar-refractivity contribution is 7.91. The number of sulfone groups is 1. The van der Waals surface area contributed by atoms with Crippen molar-refractivity contribution in [1.82, 2.24) is 10.2 Å². The molecule has 1 aromatic rings. The third kappa shape index (κ3) is 5.45. The highest BCUT2D eigenvalue weighted by Crippen LogP contribution is 2.22. The van der Waals surface area contributed by atoms with Crippen LogP contribution in [-0.2, 0) is 14.6 Å². The van der Waals surface area contributed by atoms with Gasteiger partial charge in [0.05, 0.1) is 17.8 Å². The summed E-state index contributed by atoms with van der Waals surface area (Å²) in [7, 11) is -1.97. The number of likely N-dealkylation sites (tertiary alicyclic amines) is 1. The van der Waals surface area contributed by atoms with E-state index in [1.54, 1.807) is 19.1 Å². The fourth-order valence-corrected chi connectivity index (χ4v) is 4.84. The molecular formula is C19H30N2O4S. The molecule has 26 heavy (non-hydrogen) atoms. The third-order valence-corrected chi connectivity index (χ3v) is 6.85. The molecule has 1 unspecified atom stereocenters. The second-order valence-electron chi connectivity index (χ2n) is 6.93. The molecule has 0 aromatic heterocycles. The van der Waals surface area contributed by atoms with E-state index in [0.717, 1.165) is 25.9 Å². The molecule has 0 radical (unpaired) electrons. The van der Waals surface area contributed by atoms with E-state index in [1.165, 1.54) is 19.2 Å². The van der Waals surface area contributed by atoms with Crippen LogP contribution in [0.1, 0.15) is 26.7 Å². The van der Waals surface area contributed by atoms with E-state index in [1.807, 2.05) is 4.90 Å². The van der Waals surface area contributed by atoms with E-state index in [2.05, 4.69) is 12.2 Å². The number of piperidine rings is 1. The second-order valence-corrected chi connectivity index (χ2v) is 8.97. The van der Waals surface area contributed by atoms with Crippen LogP contribution < -0.4 is 10.1 Å². The van der Waals surface area contributed by atoms with Gasteiger partial charge in [-0.25, -0.2) is 8.42 Å². The summed E-state index contributed by atoms with van der Waals surface area (Å²) in [6.45, 7) is 7.15. The van der Waals surface area contributed by atoms with Gasteiger partial charge in [-0.1, -0.05) is 13.8 Å². The zero-order chi connectivity index (χ0) is 19.2. The largest absolute Gasteiger partial charge is 0.497 e. The first-order valence-corrected chi connectivity index (χ1v) is 10.9. The van der Waals surface area contributed by atoms with E-state index >= 15 is 0 Å². The first-order chi connectivity index (χ1) is 12.4. The van der Waals surface area contributed by atoms with E-state index in [9.17, 15) is 13.2 Å². The minimum atomic E-state index is -3.50. The van der Waals surface area contributed by atoms with Gasteiger partial charge in [-0.2, -0.15) is 0 Å². The summed E-state index contributed by atoms with van der Waals surface area (Å²) in [5.74, 6) is 0.414. The number of methoxy groups -OCH3 is 1. The highest BCUT2D eigenvalue weighted by Gasteiger charge is 2.29.